The number of hydrazone groups is 1. The van der Waals surface area contributed by atoms with Gasteiger partial charge in [0.25, 0.3) is 0 Å². The Morgan fingerprint density at radius 2 is 1.82 bits per heavy atom. The van der Waals surface area contributed by atoms with E-state index in [4.69, 9.17) is 5.73 Å². The molecule has 1 aliphatic rings. The van der Waals surface area contributed by atoms with Crippen molar-refractivity contribution < 1.29 is 0 Å². The molecule has 1 aliphatic carbocycles. The van der Waals surface area contributed by atoms with Crippen molar-refractivity contribution in [3.8, 4) is 5.69 Å². The summed E-state index contributed by atoms with van der Waals surface area (Å²) < 4.78 is 2.18. The predicted octanol–water partition coefficient (Wildman–Crippen LogP) is 5.87. The zero-order chi connectivity index (χ0) is 24.1. The van der Waals surface area contributed by atoms with E-state index in [1.165, 1.54) is 54.1 Å². The Balaban J connectivity index is 1.57. The van der Waals surface area contributed by atoms with E-state index in [9.17, 15) is 0 Å². The molecule has 0 spiro atoms. The lowest BCUT2D eigenvalue weighted by Crippen LogP contribution is -2.21. The fourth-order valence-corrected chi connectivity index (χ4v) is 4.94. The summed E-state index contributed by atoms with van der Waals surface area (Å²) in [7, 11) is 0. The number of benzene rings is 2. The van der Waals surface area contributed by atoms with Gasteiger partial charge < -0.3 is 15.6 Å². The topological polar surface area (TPSA) is 67.4 Å². The Morgan fingerprint density at radius 3 is 2.50 bits per heavy atom. The summed E-state index contributed by atoms with van der Waals surface area (Å²) in [6.45, 7) is 12.9. The molecule has 3 aromatic rings. The van der Waals surface area contributed by atoms with E-state index in [0.717, 1.165) is 22.6 Å². The largest absolute Gasteiger partial charge is 0.381 e. The normalized spacial score (nSPS) is 14.2. The van der Waals surface area contributed by atoms with Crippen LogP contribution in [0, 0.1) is 13.8 Å². The van der Waals surface area contributed by atoms with E-state index in [1.807, 2.05) is 12.1 Å². The molecule has 2 aromatic carbocycles. The summed E-state index contributed by atoms with van der Waals surface area (Å²) in [6.07, 6.45) is 8.84. The van der Waals surface area contributed by atoms with Crippen molar-refractivity contribution in [2.75, 3.05) is 0 Å². The Bertz CT molecular complexity index is 1190. The van der Waals surface area contributed by atoms with E-state index >= 15 is 0 Å². The highest BCUT2D eigenvalue weighted by molar-refractivity contribution is 5.98. The minimum Gasteiger partial charge on any atom is -0.381 e. The Labute approximate surface area is 203 Å². The lowest BCUT2D eigenvalue weighted by molar-refractivity contribution is 0.718. The van der Waals surface area contributed by atoms with Crippen molar-refractivity contribution in [3.05, 3.63) is 108 Å². The summed E-state index contributed by atoms with van der Waals surface area (Å²) in [5.41, 5.74) is 18.3. The summed E-state index contributed by atoms with van der Waals surface area (Å²) in [5.74, 6) is 1.05. The number of nitrogens with zero attached hydrogens (tertiary/aromatic N) is 2. The molecule has 0 atom stereocenters. The molecule has 1 aromatic heterocycles. The molecule has 0 bridgehead atoms. The molecule has 34 heavy (non-hydrogen) atoms. The highest BCUT2D eigenvalue weighted by Crippen LogP contribution is 2.38. The smallest absolute Gasteiger partial charge is 0.168 e. The van der Waals surface area contributed by atoms with Crippen LogP contribution < -0.4 is 16.5 Å². The van der Waals surface area contributed by atoms with E-state index in [0.29, 0.717) is 18.3 Å². The third-order valence-electron chi connectivity index (χ3n) is 6.80. The van der Waals surface area contributed by atoms with Crippen LogP contribution in [-0.4, -0.2) is 10.4 Å². The maximum Gasteiger partial charge on any atom is 0.168 e. The summed E-state index contributed by atoms with van der Waals surface area (Å²) in [5, 5.41) is 7.75. The first-order valence-corrected chi connectivity index (χ1v) is 12.0. The molecule has 0 amide bonds. The summed E-state index contributed by atoms with van der Waals surface area (Å²) in [4.78, 5) is 0. The molecule has 4 N–H and O–H groups in total. The zero-order valence-electron chi connectivity index (χ0n) is 20.3. The van der Waals surface area contributed by atoms with Crippen LogP contribution in [0.3, 0.4) is 0 Å². The van der Waals surface area contributed by atoms with Gasteiger partial charge in [-0.2, -0.15) is 5.10 Å². The number of amidine groups is 1. The minimum atomic E-state index is 0.460. The Hall–Kier alpha value is -3.73. The minimum absolute atomic E-state index is 0.460. The van der Waals surface area contributed by atoms with Crippen molar-refractivity contribution in [1.82, 2.24) is 15.3 Å². The third kappa shape index (κ3) is 4.93. The molecule has 5 heteroatoms. The maximum atomic E-state index is 6.41. The van der Waals surface area contributed by atoms with Crippen molar-refractivity contribution in [3.63, 3.8) is 0 Å². The van der Waals surface area contributed by atoms with Gasteiger partial charge >= 0.3 is 0 Å². The summed E-state index contributed by atoms with van der Waals surface area (Å²) >= 11 is 0. The number of aryl methyl sites for hydroxylation is 1. The molecule has 0 radical (unpaired) electrons. The quantitative estimate of drug-likeness (QED) is 0.216. The van der Waals surface area contributed by atoms with E-state index in [-0.39, 0.29) is 0 Å². The second-order valence-corrected chi connectivity index (χ2v) is 9.05. The second kappa shape index (κ2) is 10.5. The van der Waals surface area contributed by atoms with Crippen LogP contribution in [0.4, 0.5) is 0 Å². The SMILES string of the molecule is C=CN/N=C(/N)c1c(C)c(C2CCCC2)cn1-c1ccc(CNC(=C)c2ccccc2C)cc1. The van der Waals surface area contributed by atoms with Crippen LogP contribution in [0.15, 0.2) is 79.2 Å². The molecular weight excluding hydrogens is 418 g/mol. The fraction of sp³-hybridized carbons (Fsp3) is 0.276. The molecular formula is C29H35N5. The van der Waals surface area contributed by atoms with Crippen molar-refractivity contribution in [2.24, 2.45) is 10.8 Å². The van der Waals surface area contributed by atoms with E-state index in [1.54, 1.807) is 0 Å². The third-order valence-corrected chi connectivity index (χ3v) is 6.80. The van der Waals surface area contributed by atoms with Crippen molar-refractivity contribution >= 4 is 11.5 Å². The maximum absolute atomic E-state index is 6.41. The number of nitrogens with two attached hydrogens (primary N) is 1. The van der Waals surface area contributed by atoms with Crippen molar-refractivity contribution in [2.45, 2.75) is 52.0 Å². The van der Waals surface area contributed by atoms with Crippen molar-refractivity contribution in [1.29, 1.82) is 0 Å². The van der Waals surface area contributed by atoms with Gasteiger partial charge in [0.05, 0.1) is 5.69 Å². The predicted molar refractivity (Wildman–Crippen MR) is 143 cm³/mol. The summed E-state index contributed by atoms with van der Waals surface area (Å²) in [6, 6.07) is 16.9. The van der Waals surface area contributed by atoms with Gasteiger partial charge in [0.15, 0.2) is 5.84 Å². The molecule has 176 valence electrons. The number of nitrogens with one attached hydrogen (secondary N) is 2. The zero-order valence-corrected chi connectivity index (χ0v) is 20.3. The van der Waals surface area contributed by atoms with Crippen LogP contribution in [0.1, 0.15) is 65.1 Å². The van der Waals surface area contributed by atoms with Gasteiger partial charge in [-0.15, -0.1) is 0 Å². The molecule has 0 saturated heterocycles. The van der Waals surface area contributed by atoms with Gasteiger partial charge in [-0.1, -0.05) is 62.4 Å². The lowest BCUT2D eigenvalue weighted by atomic mass is 9.96. The second-order valence-electron chi connectivity index (χ2n) is 9.05. The monoisotopic (exact) mass is 453 g/mol. The van der Waals surface area contributed by atoms with Gasteiger partial charge in [-0.3, -0.25) is 5.43 Å². The van der Waals surface area contributed by atoms with Gasteiger partial charge in [-0.05, 0) is 72.6 Å². The van der Waals surface area contributed by atoms with Crippen LogP contribution in [0.2, 0.25) is 0 Å². The molecule has 1 heterocycles. The fourth-order valence-electron chi connectivity index (χ4n) is 4.94. The van der Waals surface area contributed by atoms with Gasteiger partial charge in [0.1, 0.15) is 0 Å². The Kier molecular flexibility index (Phi) is 7.21. The van der Waals surface area contributed by atoms with Crippen LogP contribution in [-0.2, 0) is 6.54 Å². The first kappa shape index (κ1) is 23.4. The number of hydrogen-bond acceptors (Lipinski definition) is 3. The molecule has 1 saturated carbocycles. The van der Waals surface area contributed by atoms with Gasteiger partial charge in [-0.25, -0.2) is 0 Å². The number of rotatable bonds is 9. The van der Waals surface area contributed by atoms with Crippen LogP contribution in [0.5, 0.6) is 0 Å². The Morgan fingerprint density at radius 1 is 1.12 bits per heavy atom. The van der Waals surface area contributed by atoms with Crippen LogP contribution in [0.25, 0.3) is 11.4 Å². The lowest BCUT2D eigenvalue weighted by Gasteiger charge is -2.13. The van der Waals surface area contributed by atoms with E-state index in [2.05, 4.69) is 90.0 Å². The standard InChI is InChI=1S/C29H35N5/c1-5-32-33-29(30)28-21(3)27(24-11-7-8-12-24)19-34(28)25-16-14-23(15-17-25)18-31-22(4)26-13-9-6-10-20(26)2/h5-6,9-10,13-17,19,24,31-32H,1,4,7-8,11-12,18H2,2-3H3,(H2,30,33). The van der Waals surface area contributed by atoms with Gasteiger partial charge in [0, 0.05) is 30.3 Å². The highest BCUT2D eigenvalue weighted by atomic mass is 15.3. The molecule has 0 unspecified atom stereocenters. The first-order valence-electron chi connectivity index (χ1n) is 12.0. The molecule has 4 rings (SSSR count). The number of hydrogen-bond donors (Lipinski definition) is 3. The molecule has 1 fully saturated rings. The van der Waals surface area contributed by atoms with Gasteiger partial charge in [0.2, 0.25) is 0 Å². The average Bonchev–Trinajstić information content (AvgIpc) is 3.49. The number of aromatic nitrogens is 1. The molecule has 5 nitrogen and oxygen atoms in total. The highest BCUT2D eigenvalue weighted by Gasteiger charge is 2.25. The first-order chi connectivity index (χ1) is 16.5. The average molecular weight is 454 g/mol. The van der Waals surface area contributed by atoms with Crippen LogP contribution >= 0.6 is 0 Å². The van der Waals surface area contributed by atoms with E-state index < -0.39 is 0 Å². The molecule has 0 aliphatic heterocycles.